The second-order valence-corrected chi connectivity index (χ2v) is 11.3. The summed E-state index contributed by atoms with van der Waals surface area (Å²) in [7, 11) is -0.0844. The summed E-state index contributed by atoms with van der Waals surface area (Å²) in [6.07, 6.45) is 1.57. The van der Waals surface area contributed by atoms with E-state index in [0.29, 0.717) is 18.8 Å². The predicted molar refractivity (Wildman–Crippen MR) is 146 cm³/mol. The predicted octanol–water partition coefficient (Wildman–Crippen LogP) is 4.19. The number of piperidine rings is 1. The van der Waals surface area contributed by atoms with Crippen molar-refractivity contribution in [2.24, 2.45) is 0 Å². The van der Waals surface area contributed by atoms with Gasteiger partial charge >= 0.3 is 0 Å². The van der Waals surface area contributed by atoms with Crippen LogP contribution in [-0.2, 0) is 19.6 Å². The number of rotatable bonds is 10. The van der Waals surface area contributed by atoms with Gasteiger partial charge in [0.2, 0.25) is 15.9 Å². The Balaban J connectivity index is 1.53. The van der Waals surface area contributed by atoms with Crippen LogP contribution in [0.1, 0.15) is 29.9 Å². The zero-order valence-electron chi connectivity index (χ0n) is 21.4. The van der Waals surface area contributed by atoms with Crippen molar-refractivity contribution in [1.82, 2.24) is 9.21 Å². The molecule has 0 bridgehead atoms. The number of benzene rings is 3. The first kappa shape index (κ1) is 27.0. The third-order valence-corrected chi connectivity index (χ3v) is 8.83. The number of amides is 1. The first-order valence-corrected chi connectivity index (χ1v) is 14.0. The molecule has 8 heteroatoms. The second-order valence-electron chi connectivity index (χ2n) is 9.41. The van der Waals surface area contributed by atoms with Crippen molar-refractivity contribution in [3.8, 4) is 0 Å². The molecule has 0 atom stereocenters. The summed E-state index contributed by atoms with van der Waals surface area (Å²) in [5.41, 5.74) is 2.32. The fraction of sp³-hybridized carbons (Fsp3) is 0.345. The van der Waals surface area contributed by atoms with Gasteiger partial charge in [-0.3, -0.25) is 4.79 Å². The number of anilines is 1. The SMILES string of the molecule is COCCN(C1CCN(C)CC1)S(=O)(=O)c1ccc(NC(=O)C(c2ccccc2)c2ccccc2)cc1. The number of carbonyl (C=O) groups excluding carboxylic acids is 1. The highest BCUT2D eigenvalue weighted by atomic mass is 32.2. The van der Waals surface area contributed by atoms with Crippen LogP contribution in [0.3, 0.4) is 0 Å². The summed E-state index contributed by atoms with van der Waals surface area (Å²) in [5, 5.41) is 2.98. The molecule has 37 heavy (non-hydrogen) atoms. The minimum atomic E-state index is -3.72. The van der Waals surface area contributed by atoms with Gasteiger partial charge in [-0.15, -0.1) is 0 Å². The average Bonchev–Trinajstić information content (AvgIpc) is 2.91. The lowest BCUT2D eigenvalue weighted by Gasteiger charge is -2.36. The maximum atomic E-state index is 13.6. The third kappa shape index (κ3) is 6.64. The standard InChI is InChI=1S/C29H35N3O4S/c1-31-19-17-26(18-20-31)32(21-22-36-2)37(34,35)27-15-13-25(14-16-27)30-29(33)28(23-9-5-3-6-10-23)24-11-7-4-8-12-24/h3-16,26,28H,17-22H2,1-2H3,(H,30,33). The van der Waals surface area contributed by atoms with Gasteiger partial charge in [-0.25, -0.2) is 8.42 Å². The van der Waals surface area contributed by atoms with Crippen molar-refractivity contribution >= 4 is 21.6 Å². The number of hydrogen-bond donors (Lipinski definition) is 1. The van der Waals surface area contributed by atoms with Crippen molar-refractivity contribution in [2.75, 3.05) is 45.7 Å². The van der Waals surface area contributed by atoms with E-state index in [1.165, 1.54) is 0 Å². The molecule has 0 saturated carbocycles. The molecule has 0 unspecified atom stereocenters. The van der Waals surface area contributed by atoms with E-state index in [0.717, 1.165) is 37.1 Å². The highest BCUT2D eigenvalue weighted by Crippen LogP contribution is 2.28. The van der Waals surface area contributed by atoms with Crippen molar-refractivity contribution in [2.45, 2.75) is 29.7 Å². The normalized spacial score (nSPS) is 15.2. The highest BCUT2D eigenvalue weighted by molar-refractivity contribution is 7.89. The molecule has 0 spiro atoms. The van der Waals surface area contributed by atoms with Crippen molar-refractivity contribution in [3.63, 3.8) is 0 Å². The van der Waals surface area contributed by atoms with E-state index < -0.39 is 15.9 Å². The van der Waals surface area contributed by atoms with E-state index in [1.54, 1.807) is 35.7 Å². The van der Waals surface area contributed by atoms with Crippen LogP contribution < -0.4 is 5.32 Å². The maximum absolute atomic E-state index is 13.6. The van der Waals surface area contributed by atoms with Gasteiger partial charge in [-0.2, -0.15) is 4.31 Å². The number of carbonyl (C=O) groups is 1. The molecule has 0 radical (unpaired) electrons. The van der Waals surface area contributed by atoms with Crippen LogP contribution in [0.25, 0.3) is 0 Å². The van der Waals surface area contributed by atoms with Crippen molar-refractivity contribution < 1.29 is 17.9 Å². The van der Waals surface area contributed by atoms with Gasteiger partial charge in [-0.05, 0) is 68.4 Å². The maximum Gasteiger partial charge on any atom is 0.243 e. The number of hydrogen-bond acceptors (Lipinski definition) is 5. The molecule has 1 aliphatic rings. The number of ether oxygens (including phenoxy) is 1. The first-order valence-electron chi connectivity index (χ1n) is 12.6. The van der Waals surface area contributed by atoms with Gasteiger partial charge in [0, 0.05) is 25.4 Å². The van der Waals surface area contributed by atoms with Gasteiger partial charge < -0.3 is 15.0 Å². The van der Waals surface area contributed by atoms with E-state index in [1.807, 2.05) is 60.7 Å². The quantitative estimate of drug-likeness (QED) is 0.433. The number of nitrogens with zero attached hydrogens (tertiary/aromatic N) is 2. The Bertz CT molecular complexity index is 1200. The van der Waals surface area contributed by atoms with Crippen LogP contribution in [0.2, 0.25) is 0 Å². The van der Waals surface area contributed by atoms with E-state index in [-0.39, 0.29) is 16.8 Å². The van der Waals surface area contributed by atoms with Crippen LogP contribution in [0, 0.1) is 0 Å². The molecule has 7 nitrogen and oxygen atoms in total. The van der Waals surface area contributed by atoms with Gasteiger partial charge in [0.05, 0.1) is 17.4 Å². The van der Waals surface area contributed by atoms with E-state index in [4.69, 9.17) is 4.74 Å². The Labute approximate surface area is 220 Å². The number of nitrogens with one attached hydrogen (secondary N) is 1. The molecule has 4 rings (SSSR count). The fourth-order valence-corrected chi connectivity index (χ4v) is 6.48. The Morgan fingerprint density at radius 2 is 1.49 bits per heavy atom. The second kappa shape index (κ2) is 12.5. The summed E-state index contributed by atoms with van der Waals surface area (Å²) in [6.45, 7) is 2.36. The van der Waals surface area contributed by atoms with Crippen LogP contribution >= 0.6 is 0 Å². The molecule has 3 aromatic carbocycles. The molecule has 1 saturated heterocycles. The van der Waals surface area contributed by atoms with Gasteiger partial charge in [-0.1, -0.05) is 60.7 Å². The highest BCUT2D eigenvalue weighted by Gasteiger charge is 2.33. The molecule has 1 aliphatic heterocycles. The third-order valence-electron chi connectivity index (χ3n) is 6.87. The van der Waals surface area contributed by atoms with E-state index in [2.05, 4.69) is 17.3 Å². The Morgan fingerprint density at radius 3 is 2.00 bits per heavy atom. The minimum Gasteiger partial charge on any atom is -0.383 e. The van der Waals surface area contributed by atoms with Crippen LogP contribution in [-0.4, -0.2) is 70.0 Å². The Kier molecular flexibility index (Phi) is 9.10. The summed E-state index contributed by atoms with van der Waals surface area (Å²) in [6, 6.07) is 25.6. The molecule has 1 N–H and O–H groups in total. The molecule has 0 aromatic heterocycles. The zero-order valence-corrected chi connectivity index (χ0v) is 22.2. The van der Waals surface area contributed by atoms with Crippen LogP contribution in [0.15, 0.2) is 89.8 Å². The molecule has 1 heterocycles. The molecule has 0 aliphatic carbocycles. The summed E-state index contributed by atoms with van der Waals surface area (Å²) in [4.78, 5) is 15.8. The molecular weight excluding hydrogens is 486 g/mol. The summed E-state index contributed by atoms with van der Waals surface area (Å²) >= 11 is 0. The monoisotopic (exact) mass is 521 g/mol. The minimum absolute atomic E-state index is 0.0618. The first-order chi connectivity index (χ1) is 17.9. The Morgan fingerprint density at radius 1 is 0.946 bits per heavy atom. The van der Waals surface area contributed by atoms with Crippen molar-refractivity contribution in [1.29, 1.82) is 0 Å². The zero-order chi connectivity index (χ0) is 26.3. The van der Waals surface area contributed by atoms with Crippen LogP contribution in [0.4, 0.5) is 5.69 Å². The van der Waals surface area contributed by atoms with Gasteiger partial charge in [0.15, 0.2) is 0 Å². The largest absolute Gasteiger partial charge is 0.383 e. The lowest BCUT2D eigenvalue weighted by Crippen LogP contribution is -2.47. The lowest BCUT2D eigenvalue weighted by molar-refractivity contribution is -0.116. The Hall–Kier alpha value is -3.04. The average molecular weight is 522 g/mol. The molecule has 3 aromatic rings. The van der Waals surface area contributed by atoms with Gasteiger partial charge in [0.1, 0.15) is 0 Å². The molecule has 1 amide bonds. The number of likely N-dealkylation sites (tertiary alicyclic amines) is 1. The van der Waals surface area contributed by atoms with Gasteiger partial charge in [0.25, 0.3) is 0 Å². The number of sulfonamides is 1. The van der Waals surface area contributed by atoms with E-state index >= 15 is 0 Å². The molecule has 196 valence electrons. The van der Waals surface area contributed by atoms with E-state index in [9.17, 15) is 13.2 Å². The summed E-state index contributed by atoms with van der Waals surface area (Å²) < 4.78 is 34.0. The molecule has 1 fully saturated rings. The number of methoxy groups -OCH3 is 1. The van der Waals surface area contributed by atoms with Crippen LogP contribution in [0.5, 0.6) is 0 Å². The topological polar surface area (TPSA) is 79.0 Å². The smallest absolute Gasteiger partial charge is 0.243 e. The lowest BCUT2D eigenvalue weighted by atomic mass is 9.90. The van der Waals surface area contributed by atoms with Crippen molar-refractivity contribution in [3.05, 3.63) is 96.1 Å². The fourth-order valence-electron chi connectivity index (χ4n) is 4.81. The molecular formula is C29H35N3O4S. The summed E-state index contributed by atoms with van der Waals surface area (Å²) in [5.74, 6) is -0.666.